The van der Waals surface area contributed by atoms with Crippen LogP contribution in [-0.4, -0.2) is 58.7 Å². The Morgan fingerprint density at radius 2 is 2.14 bits per heavy atom. The summed E-state index contributed by atoms with van der Waals surface area (Å²) in [7, 11) is 0.172. The number of rotatable bonds is 9. The summed E-state index contributed by atoms with van der Waals surface area (Å²) in [6.45, 7) is 1.79. The lowest BCUT2D eigenvalue weighted by atomic mass is 10.5. The van der Waals surface area contributed by atoms with Crippen LogP contribution in [0.1, 0.15) is 0 Å². The van der Waals surface area contributed by atoms with E-state index in [9.17, 15) is 8.42 Å². The maximum atomic E-state index is 12.2. The van der Waals surface area contributed by atoms with Crippen LogP contribution < -0.4 is 16.0 Å². The van der Waals surface area contributed by atoms with E-state index >= 15 is 0 Å². The smallest absolute Gasteiger partial charge is 0.244 e. The van der Waals surface area contributed by atoms with Gasteiger partial charge in [-0.15, -0.1) is 0 Å². The molecule has 0 saturated heterocycles. The van der Waals surface area contributed by atoms with Crippen molar-refractivity contribution in [3.05, 3.63) is 16.7 Å². The van der Waals surface area contributed by atoms with Crippen LogP contribution >= 0.6 is 15.9 Å². The van der Waals surface area contributed by atoms with Crippen LogP contribution in [0.5, 0.6) is 0 Å². The first-order valence-electron chi connectivity index (χ1n) is 6.21. The third-order valence-corrected chi connectivity index (χ3v) is 4.37. The second-order valence-electron chi connectivity index (χ2n) is 4.46. The molecular weight excluding hydrogens is 362 g/mol. The topological polar surface area (TPSA) is 110 Å². The minimum Gasteiger partial charge on any atom is -0.379 e. The molecule has 0 fully saturated rings. The Morgan fingerprint density at radius 1 is 1.43 bits per heavy atom. The van der Waals surface area contributed by atoms with Crippen LogP contribution in [0.15, 0.2) is 21.6 Å². The van der Waals surface area contributed by atoms with E-state index in [1.807, 2.05) is 19.0 Å². The van der Waals surface area contributed by atoms with Gasteiger partial charge in [-0.1, -0.05) is 0 Å². The van der Waals surface area contributed by atoms with E-state index in [-0.39, 0.29) is 17.3 Å². The number of likely N-dealkylation sites (N-methyl/N-ethyl adjacent to an activating group) is 1. The lowest BCUT2D eigenvalue weighted by Crippen LogP contribution is -2.29. The Bertz CT molecular complexity index is 553. The van der Waals surface area contributed by atoms with E-state index in [2.05, 4.69) is 31.1 Å². The molecule has 0 aromatic carbocycles. The summed E-state index contributed by atoms with van der Waals surface area (Å²) >= 11 is 3.18. The molecule has 0 aliphatic carbocycles. The number of halogens is 1. The van der Waals surface area contributed by atoms with E-state index in [0.29, 0.717) is 17.7 Å². The SMILES string of the molecule is CN(C)CCOCCNS(=O)(=O)c1cc(Br)cnc1NN. The van der Waals surface area contributed by atoms with Crippen molar-refractivity contribution < 1.29 is 13.2 Å². The standard InChI is InChI=1S/C11H20BrN5O3S/c1-17(2)4-6-20-5-3-15-21(18,19)10-7-9(12)8-14-11(10)16-13/h7-8,15H,3-6,13H2,1-2H3,(H,14,16). The fraction of sp³-hybridized carbons (Fsp3) is 0.545. The molecule has 1 aromatic rings. The lowest BCUT2D eigenvalue weighted by molar-refractivity contribution is 0.122. The number of hydrogen-bond acceptors (Lipinski definition) is 7. The van der Waals surface area contributed by atoms with Crippen LogP contribution in [0, 0.1) is 0 Å². The monoisotopic (exact) mass is 381 g/mol. The number of nitrogens with two attached hydrogens (primary N) is 1. The quantitative estimate of drug-likeness (QED) is 0.313. The number of nitrogen functional groups attached to an aromatic ring is 1. The summed E-state index contributed by atoms with van der Waals surface area (Å²) in [6.07, 6.45) is 1.46. The second kappa shape index (κ2) is 8.61. The number of aromatic nitrogens is 1. The van der Waals surface area contributed by atoms with Crippen LogP contribution in [0.2, 0.25) is 0 Å². The maximum absolute atomic E-state index is 12.2. The van der Waals surface area contributed by atoms with Gasteiger partial charge in [0.1, 0.15) is 4.90 Å². The van der Waals surface area contributed by atoms with Gasteiger partial charge in [-0.3, -0.25) is 0 Å². The van der Waals surface area contributed by atoms with Crippen LogP contribution in [0.25, 0.3) is 0 Å². The Balaban J connectivity index is 2.56. The third kappa shape index (κ3) is 6.24. The molecular formula is C11H20BrN5O3S. The van der Waals surface area contributed by atoms with Crippen molar-refractivity contribution in [2.24, 2.45) is 5.84 Å². The van der Waals surface area contributed by atoms with Crippen molar-refractivity contribution in [1.29, 1.82) is 0 Å². The molecule has 8 nitrogen and oxygen atoms in total. The third-order valence-electron chi connectivity index (χ3n) is 2.47. The second-order valence-corrected chi connectivity index (χ2v) is 7.11. The summed E-state index contributed by atoms with van der Waals surface area (Å²) in [5.74, 6) is 5.35. The number of anilines is 1. The van der Waals surface area contributed by atoms with E-state index in [1.54, 1.807) is 0 Å². The molecule has 0 saturated carbocycles. The molecule has 10 heteroatoms. The normalized spacial score (nSPS) is 11.9. The zero-order valence-corrected chi connectivity index (χ0v) is 14.4. The van der Waals surface area contributed by atoms with Gasteiger partial charge in [-0.2, -0.15) is 0 Å². The molecule has 0 unspecified atom stereocenters. The van der Waals surface area contributed by atoms with Gasteiger partial charge in [0.2, 0.25) is 10.0 Å². The highest BCUT2D eigenvalue weighted by molar-refractivity contribution is 9.10. The van der Waals surface area contributed by atoms with Gasteiger partial charge >= 0.3 is 0 Å². The molecule has 21 heavy (non-hydrogen) atoms. The molecule has 1 rings (SSSR count). The average molecular weight is 382 g/mol. The molecule has 4 N–H and O–H groups in total. The molecule has 0 atom stereocenters. The zero-order chi connectivity index (χ0) is 15.9. The molecule has 0 bridgehead atoms. The van der Waals surface area contributed by atoms with Gasteiger partial charge < -0.3 is 15.1 Å². The molecule has 1 heterocycles. The van der Waals surface area contributed by atoms with Gasteiger partial charge in [0.05, 0.1) is 13.2 Å². The van der Waals surface area contributed by atoms with Crippen LogP contribution in [0.3, 0.4) is 0 Å². The highest BCUT2D eigenvalue weighted by atomic mass is 79.9. The van der Waals surface area contributed by atoms with Gasteiger partial charge in [0, 0.05) is 23.8 Å². The summed E-state index contributed by atoms with van der Waals surface area (Å²) in [5.41, 5.74) is 2.26. The van der Waals surface area contributed by atoms with Crippen molar-refractivity contribution in [2.45, 2.75) is 4.90 Å². The largest absolute Gasteiger partial charge is 0.379 e. The van der Waals surface area contributed by atoms with Crippen molar-refractivity contribution in [1.82, 2.24) is 14.6 Å². The first kappa shape index (κ1) is 18.3. The Labute approximate surface area is 133 Å². The molecule has 120 valence electrons. The molecule has 0 radical (unpaired) electrons. The summed E-state index contributed by atoms with van der Waals surface area (Å²) in [5, 5.41) is 0. The maximum Gasteiger partial charge on any atom is 0.244 e. The first-order valence-corrected chi connectivity index (χ1v) is 8.48. The molecule has 0 spiro atoms. The number of sulfonamides is 1. The number of hydrazine groups is 1. The van der Waals surface area contributed by atoms with Crippen molar-refractivity contribution in [3.63, 3.8) is 0 Å². The highest BCUT2D eigenvalue weighted by Gasteiger charge is 2.19. The fourth-order valence-electron chi connectivity index (χ4n) is 1.41. The first-order chi connectivity index (χ1) is 9.86. The predicted octanol–water partition coefficient (Wildman–Crippen LogP) is -0.0138. The van der Waals surface area contributed by atoms with E-state index in [4.69, 9.17) is 10.6 Å². The van der Waals surface area contributed by atoms with Gasteiger partial charge in [-0.05, 0) is 36.1 Å². The Morgan fingerprint density at radius 3 is 2.76 bits per heavy atom. The lowest BCUT2D eigenvalue weighted by Gasteiger charge is -2.12. The highest BCUT2D eigenvalue weighted by Crippen LogP contribution is 2.21. The molecule has 1 aromatic heterocycles. The van der Waals surface area contributed by atoms with Crippen LogP contribution in [0.4, 0.5) is 5.82 Å². The van der Waals surface area contributed by atoms with Gasteiger partial charge in [-0.25, -0.2) is 24.0 Å². The fourth-order valence-corrected chi connectivity index (χ4v) is 3.05. The summed E-state index contributed by atoms with van der Waals surface area (Å²) < 4.78 is 32.7. The van der Waals surface area contributed by atoms with Crippen LogP contribution in [-0.2, 0) is 14.8 Å². The van der Waals surface area contributed by atoms with E-state index in [0.717, 1.165) is 6.54 Å². The van der Waals surface area contributed by atoms with Gasteiger partial charge in [0.25, 0.3) is 0 Å². The average Bonchev–Trinajstić information content (AvgIpc) is 2.42. The van der Waals surface area contributed by atoms with Gasteiger partial charge in [0.15, 0.2) is 5.82 Å². The van der Waals surface area contributed by atoms with Crippen molar-refractivity contribution >= 4 is 31.8 Å². The number of pyridine rings is 1. The number of ether oxygens (including phenoxy) is 1. The summed E-state index contributed by atoms with van der Waals surface area (Å²) in [6, 6.07) is 1.43. The minimum absolute atomic E-state index is 0.0207. The van der Waals surface area contributed by atoms with Crippen molar-refractivity contribution in [2.75, 3.05) is 45.8 Å². The Kier molecular flexibility index (Phi) is 7.49. The summed E-state index contributed by atoms with van der Waals surface area (Å²) in [4.78, 5) is 5.86. The molecule has 0 aliphatic heterocycles. The van der Waals surface area contributed by atoms with Crippen molar-refractivity contribution in [3.8, 4) is 0 Å². The van der Waals surface area contributed by atoms with E-state index in [1.165, 1.54) is 12.3 Å². The number of nitrogens with one attached hydrogen (secondary N) is 2. The Hall–Kier alpha value is -0.780. The number of nitrogens with zero attached hydrogens (tertiary/aromatic N) is 2. The van der Waals surface area contributed by atoms with E-state index < -0.39 is 10.0 Å². The molecule has 0 amide bonds. The number of hydrogen-bond donors (Lipinski definition) is 3. The molecule has 0 aliphatic rings. The minimum atomic E-state index is -3.70. The predicted molar refractivity (Wildman–Crippen MR) is 84.3 cm³/mol. The zero-order valence-electron chi connectivity index (χ0n) is 12.0.